The average Bonchev–Trinajstić information content (AvgIpc) is 2.34. The number of nitrogens with zero attached hydrogens (tertiary/aromatic N) is 1. The van der Waals surface area contributed by atoms with Gasteiger partial charge in [0.15, 0.2) is 0 Å². The molecule has 0 spiro atoms. The number of amidine groups is 1. The summed E-state index contributed by atoms with van der Waals surface area (Å²) in [4.78, 5) is 3.95. The molecule has 0 saturated carbocycles. The second-order valence-corrected chi connectivity index (χ2v) is 3.88. The van der Waals surface area contributed by atoms with E-state index in [1.54, 1.807) is 12.1 Å². The molecule has 0 atom stereocenters. The minimum Gasteiger partial charge on any atom is -0.439 e. The molecule has 2 rings (SSSR count). The molecule has 6 heteroatoms. The van der Waals surface area contributed by atoms with Gasteiger partial charge in [-0.25, -0.2) is 9.37 Å². The second kappa shape index (κ2) is 5.01. The van der Waals surface area contributed by atoms with Gasteiger partial charge in [0, 0.05) is 23.9 Å². The number of nitrogen functional groups attached to an aromatic ring is 1. The number of halogens is 2. The summed E-state index contributed by atoms with van der Waals surface area (Å²) >= 11 is 5.56. The van der Waals surface area contributed by atoms with Gasteiger partial charge in [-0.05, 0) is 18.2 Å². The molecular formula is C12H9ClFN3O. The maximum absolute atomic E-state index is 13.2. The molecule has 0 bridgehead atoms. The Morgan fingerprint density at radius 3 is 2.67 bits per heavy atom. The summed E-state index contributed by atoms with van der Waals surface area (Å²) in [6.45, 7) is 0. The lowest BCUT2D eigenvalue weighted by Gasteiger charge is -2.05. The molecule has 18 heavy (non-hydrogen) atoms. The van der Waals surface area contributed by atoms with Crippen molar-refractivity contribution in [1.82, 2.24) is 4.98 Å². The van der Waals surface area contributed by atoms with Crippen LogP contribution in [0.25, 0.3) is 0 Å². The second-order valence-electron chi connectivity index (χ2n) is 3.48. The summed E-state index contributed by atoms with van der Waals surface area (Å²) in [5, 5.41) is 7.24. The van der Waals surface area contributed by atoms with Gasteiger partial charge < -0.3 is 10.5 Å². The summed E-state index contributed by atoms with van der Waals surface area (Å²) in [5.74, 6) is -0.0668. The molecule has 0 aliphatic heterocycles. The van der Waals surface area contributed by atoms with E-state index in [9.17, 15) is 4.39 Å². The van der Waals surface area contributed by atoms with E-state index in [0.717, 1.165) is 0 Å². The number of pyridine rings is 1. The third-order valence-corrected chi connectivity index (χ3v) is 2.47. The minimum absolute atomic E-state index is 0.0298. The third kappa shape index (κ3) is 2.75. The molecule has 92 valence electrons. The Balaban J connectivity index is 2.18. The molecule has 0 amide bonds. The fraction of sp³-hybridized carbons (Fsp3) is 0. The highest BCUT2D eigenvalue weighted by Crippen LogP contribution is 2.24. The third-order valence-electron chi connectivity index (χ3n) is 2.16. The molecule has 3 N–H and O–H groups in total. The lowest BCUT2D eigenvalue weighted by atomic mass is 10.3. The van der Waals surface area contributed by atoms with E-state index in [4.69, 9.17) is 27.5 Å². The van der Waals surface area contributed by atoms with Crippen molar-refractivity contribution in [3.63, 3.8) is 0 Å². The first-order chi connectivity index (χ1) is 8.56. The van der Waals surface area contributed by atoms with E-state index >= 15 is 0 Å². The van der Waals surface area contributed by atoms with E-state index in [-0.39, 0.29) is 16.7 Å². The van der Waals surface area contributed by atoms with Crippen molar-refractivity contribution in [2.45, 2.75) is 0 Å². The first kappa shape index (κ1) is 12.3. The monoisotopic (exact) mass is 265 g/mol. The highest BCUT2D eigenvalue weighted by Gasteiger charge is 2.04. The van der Waals surface area contributed by atoms with Crippen molar-refractivity contribution in [2.75, 3.05) is 0 Å². The van der Waals surface area contributed by atoms with Crippen molar-refractivity contribution in [3.8, 4) is 11.6 Å². The number of nitrogens with two attached hydrogens (primary N) is 1. The summed E-state index contributed by atoms with van der Waals surface area (Å²) in [6.07, 6.45) is 1.41. The topological polar surface area (TPSA) is 72.0 Å². The predicted molar refractivity (Wildman–Crippen MR) is 66.7 cm³/mol. The standard InChI is InChI=1S/C12H9ClFN3O/c13-9-3-2-8(5-10(9)14)18-11-4-1-7(6-17-11)12(15)16/h1-6H,(H3,15,16). The lowest BCUT2D eigenvalue weighted by molar-refractivity contribution is 0.458. The Bertz CT molecular complexity index is 586. The molecule has 2 aromatic rings. The summed E-state index contributed by atoms with van der Waals surface area (Å²) in [5.41, 5.74) is 5.78. The smallest absolute Gasteiger partial charge is 0.219 e. The average molecular weight is 266 g/mol. The zero-order valence-electron chi connectivity index (χ0n) is 9.15. The van der Waals surface area contributed by atoms with Crippen LogP contribution in [0.15, 0.2) is 36.5 Å². The van der Waals surface area contributed by atoms with Gasteiger partial charge in [-0.2, -0.15) is 0 Å². The van der Waals surface area contributed by atoms with E-state index in [2.05, 4.69) is 4.98 Å². The van der Waals surface area contributed by atoms with Crippen molar-refractivity contribution < 1.29 is 9.13 Å². The van der Waals surface area contributed by atoms with Crippen LogP contribution in [0.5, 0.6) is 11.6 Å². The quantitative estimate of drug-likeness (QED) is 0.662. The molecule has 1 aromatic heterocycles. The predicted octanol–water partition coefficient (Wildman–Crippen LogP) is 2.95. The van der Waals surface area contributed by atoms with Crippen molar-refractivity contribution in [1.29, 1.82) is 5.41 Å². The fourth-order valence-electron chi connectivity index (χ4n) is 1.26. The molecule has 0 aliphatic carbocycles. The SMILES string of the molecule is N=C(N)c1ccc(Oc2ccc(Cl)c(F)c2)nc1. The molecule has 0 aliphatic rings. The van der Waals surface area contributed by atoms with Crippen molar-refractivity contribution >= 4 is 17.4 Å². The Morgan fingerprint density at radius 1 is 1.33 bits per heavy atom. The molecule has 4 nitrogen and oxygen atoms in total. The number of nitrogens with one attached hydrogen (secondary N) is 1. The Labute approximate surface area is 108 Å². The van der Waals surface area contributed by atoms with E-state index in [1.807, 2.05) is 0 Å². The Morgan fingerprint density at radius 2 is 2.11 bits per heavy atom. The summed E-state index contributed by atoms with van der Waals surface area (Å²) in [6, 6.07) is 7.24. The van der Waals surface area contributed by atoms with Crippen molar-refractivity contribution in [2.24, 2.45) is 5.73 Å². The zero-order valence-corrected chi connectivity index (χ0v) is 9.91. The van der Waals surface area contributed by atoms with Crippen LogP contribution in [0.2, 0.25) is 5.02 Å². The number of hydrogen-bond donors (Lipinski definition) is 2. The molecule has 0 fully saturated rings. The van der Waals surface area contributed by atoms with Gasteiger partial charge in [0.25, 0.3) is 0 Å². The molecule has 1 heterocycles. The van der Waals surface area contributed by atoms with Gasteiger partial charge in [-0.15, -0.1) is 0 Å². The van der Waals surface area contributed by atoms with Crippen LogP contribution < -0.4 is 10.5 Å². The van der Waals surface area contributed by atoms with Gasteiger partial charge in [0.2, 0.25) is 5.88 Å². The normalized spacial score (nSPS) is 10.1. The summed E-state index contributed by atoms with van der Waals surface area (Å²) < 4.78 is 18.5. The molecule has 0 unspecified atom stereocenters. The van der Waals surface area contributed by atoms with Crippen LogP contribution in [-0.4, -0.2) is 10.8 Å². The van der Waals surface area contributed by atoms with Crippen LogP contribution in [0.4, 0.5) is 4.39 Å². The lowest BCUT2D eigenvalue weighted by Crippen LogP contribution is -2.11. The molecule has 0 saturated heterocycles. The number of rotatable bonds is 3. The van der Waals surface area contributed by atoms with Crippen LogP contribution in [0.3, 0.4) is 0 Å². The van der Waals surface area contributed by atoms with Gasteiger partial charge in [0.05, 0.1) is 5.02 Å². The van der Waals surface area contributed by atoms with E-state index in [0.29, 0.717) is 11.3 Å². The maximum atomic E-state index is 13.2. The number of ether oxygens (including phenoxy) is 1. The Kier molecular flexibility index (Phi) is 3.43. The van der Waals surface area contributed by atoms with Crippen molar-refractivity contribution in [3.05, 3.63) is 52.9 Å². The van der Waals surface area contributed by atoms with Crippen LogP contribution in [0.1, 0.15) is 5.56 Å². The number of hydrogen-bond acceptors (Lipinski definition) is 3. The van der Waals surface area contributed by atoms with E-state index in [1.165, 1.54) is 24.4 Å². The first-order valence-electron chi connectivity index (χ1n) is 4.99. The molecule has 1 aromatic carbocycles. The van der Waals surface area contributed by atoms with Gasteiger partial charge in [-0.1, -0.05) is 11.6 Å². The summed E-state index contributed by atoms with van der Waals surface area (Å²) in [7, 11) is 0. The van der Waals surface area contributed by atoms with Gasteiger partial charge >= 0.3 is 0 Å². The largest absolute Gasteiger partial charge is 0.439 e. The molecular weight excluding hydrogens is 257 g/mol. The van der Waals surface area contributed by atoms with Gasteiger partial charge in [-0.3, -0.25) is 5.41 Å². The van der Waals surface area contributed by atoms with Crippen LogP contribution in [0, 0.1) is 11.2 Å². The zero-order chi connectivity index (χ0) is 13.1. The van der Waals surface area contributed by atoms with Crippen LogP contribution in [-0.2, 0) is 0 Å². The Hall–Kier alpha value is -2.14. The highest BCUT2D eigenvalue weighted by atomic mass is 35.5. The van der Waals surface area contributed by atoms with Gasteiger partial charge in [0.1, 0.15) is 17.4 Å². The fourth-order valence-corrected chi connectivity index (χ4v) is 1.38. The minimum atomic E-state index is -0.561. The number of benzene rings is 1. The molecule has 0 radical (unpaired) electrons. The first-order valence-corrected chi connectivity index (χ1v) is 5.37. The van der Waals surface area contributed by atoms with E-state index < -0.39 is 5.82 Å². The maximum Gasteiger partial charge on any atom is 0.219 e. The van der Waals surface area contributed by atoms with Crippen LogP contribution >= 0.6 is 11.6 Å². The number of aromatic nitrogens is 1. The highest BCUT2D eigenvalue weighted by molar-refractivity contribution is 6.30.